The molecule has 22 heavy (non-hydrogen) atoms. The highest BCUT2D eigenvalue weighted by molar-refractivity contribution is 9.10. The molecule has 1 heterocycles. The van der Waals surface area contributed by atoms with Gasteiger partial charge in [0.1, 0.15) is 11.6 Å². The lowest BCUT2D eigenvalue weighted by molar-refractivity contribution is 0.428. The van der Waals surface area contributed by atoms with Crippen LogP contribution < -0.4 is 10.3 Å². The Labute approximate surface area is 135 Å². The Hall–Kier alpha value is -1.69. The van der Waals surface area contributed by atoms with Gasteiger partial charge in [-0.25, -0.2) is 4.39 Å². The summed E-state index contributed by atoms with van der Waals surface area (Å²) in [5.41, 5.74) is 0.844. The zero-order chi connectivity index (χ0) is 16.3. The van der Waals surface area contributed by atoms with E-state index < -0.39 is 6.67 Å². The van der Waals surface area contributed by atoms with E-state index in [2.05, 4.69) is 15.9 Å². The van der Waals surface area contributed by atoms with Gasteiger partial charge in [-0.15, -0.1) is 0 Å². The molecular weight excluding hydrogens is 356 g/mol. The molecule has 0 saturated carbocycles. The van der Waals surface area contributed by atoms with Gasteiger partial charge in [0.2, 0.25) is 5.75 Å². The number of rotatable bonds is 5. The van der Waals surface area contributed by atoms with E-state index in [-0.39, 0.29) is 30.1 Å². The summed E-state index contributed by atoms with van der Waals surface area (Å²) in [6.45, 7) is 3.21. The average molecular weight is 372 g/mol. The van der Waals surface area contributed by atoms with Gasteiger partial charge in [0.15, 0.2) is 0 Å². The maximum Gasteiger partial charge on any atom is 0.294 e. The van der Waals surface area contributed by atoms with E-state index >= 15 is 0 Å². The van der Waals surface area contributed by atoms with E-state index in [1.807, 2.05) is 0 Å². The molecule has 0 unspecified atom stereocenters. The van der Waals surface area contributed by atoms with Crippen LogP contribution in [-0.4, -0.2) is 11.2 Å². The molecule has 2 rings (SSSR count). The van der Waals surface area contributed by atoms with Crippen molar-refractivity contribution in [3.8, 4) is 11.5 Å². The number of halogens is 3. The van der Waals surface area contributed by atoms with Crippen LogP contribution in [0.4, 0.5) is 8.78 Å². The minimum Gasteiger partial charge on any atom is -0.450 e. The highest BCUT2D eigenvalue weighted by Gasteiger charge is 2.14. The van der Waals surface area contributed by atoms with Crippen LogP contribution in [0, 0.1) is 19.7 Å². The lowest BCUT2D eigenvalue weighted by atomic mass is 10.1. The van der Waals surface area contributed by atoms with E-state index in [4.69, 9.17) is 4.74 Å². The quantitative estimate of drug-likeness (QED) is 0.773. The van der Waals surface area contributed by atoms with Crippen LogP contribution in [-0.2, 0) is 6.54 Å². The molecule has 1 aromatic heterocycles. The maximum absolute atomic E-state index is 13.3. The van der Waals surface area contributed by atoms with Gasteiger partial charge in [0, 0.05) is 12.7 Å². The fourth-order valence-electron chi connectivity index (χ4n) is 2.19. The molecule has 0 aliphatic carbocycles. The van der Waals surface area contributed by atoms with Crippen molar-refractivity contribution in [2.45, 2.75) is 26.8 Å². The van der Waals surface area contributed by atoms with Crippen LogP contribution >= 0.6 is 15.9 Å². The number of aromatic nitrogens is 1. The predicted molar refractivity (Wildman–Crippen MR) is 84.9 cm³/mol. The third-order valence-corrected chi connectivity index (χ3v) is 3.86. The molecule has 0 saturated heterocycles. The van der Waals surface area contributed by atoms with Gasteiger partial charge >= 0.3 is 0 Å². The highest BCUT2D eigenvalue weighted by atomic mass is 79.9. The zero-order valence-electron chi connectivity index (χ0n) is 12.3. The molecule has 0 amide bonds. The lowest BCUT2D eigenvalue weighted by Gasteiger charge is -2.14. The predicted octanol–water partition coefficient (Wildman–Crippen LogP) is 4.52. The summed E-state index contributed by atoms with van der Waals surface area (Å²) in [4.78, 5) is 12.4. The van der Waals surface area contributed by atoms with Crippen molar-refractivity contribution in [3.05, 3.63) is 56.2 Å². The summed E-state index contributed by atoms with van der Waals surface area (Å²) in [6, 6.07) is 4.37. The Morgan fingerprint density at radius 3 is 2.45 bits per heavy atom. The molecule has 0 radical (unpaired) electrons. The van der Waals surface area contributed by atoms with Crippen LogP contribution in [0.1, 0.15) is 17.5 Å². The number of alkyl halides is 1. The third-order valence-electron chi connectivity index (χ3n) is 3.23. The molecule has 0 aliphatic heterocycles. The van der Waals surface area contributed by atoms with Gasteiger partial charge in [-0.1, -0.05) is 0 Å². The van der Waals surface area contributed by atoms with E-state index in [9.17, 15) is 13.6 Å². The number of aryl methyl sites for hydroxylation is 3. The third kappa shape index (κ3) is 3.55. The first kappa shape index (κ1) is 16.7. The molecule has 0 atom stereocenters. The number of hydrogen-bond donors (Lipinski definition) is 0. The van der Waals surface area contributed by atoms with Crippen molar-refractivity contribution >= 4 is 15.9 Å². The smallest absolute Gasteiger partial charge is 0.294 e. The largest absolute Gasteiger partial charge is 0.450 e. The van der Waals surface area contributed by atoms with E-state index in [0.29, 0.717) is 21.3 Å². The monoisotopic (exact) mass is 371 g/mol. The molecular formula is C16H16BrF2NO2. The normalized spacial score (nSPS) is 10.8. The summed E-state index contributed by atoms with van der Waals surface area (Å²) in [5, 5.41) is 0. The number of ether oxygens (including phenoxy) is 1. The fraction of sp³-hybridized carbons (Fsp3) is 0.312. The Balaban J connectivity index is 2.44. The van der Waals surface area contributed by atoms with Crippen LogP contribution in [0.5, 0.6) is 11.5 Å². The molecule has 0 spiro atoms. The summed E-state index contributed by atoms with van der Waals surface area (Å²) >= 11 is 3.28. The number of hydrogen-bond acceptors (Lipinski definition) is 2. The zero-order valence-corrected chi connectivity index (χ0v) is 13.9. The molecule has 2 aromatic rings. The topological polar surface area (TPSA) is 31.2 Å². The van der Waals surface area contributed by atoms with Crippen LogP contribution in [0.3, 0.4) is 0 Å². The van der Waals surface area contributed by atoms with Gasteiger partial charge in [-0.05, 0) is 65.5 Å². The van der Waals surface area contributed by atoms with E-state index in [1.54, 1.807) is 26.1 Å². The standard InChI is InChI=1S/C16H16BrF2NO2/c1-10-8-12(19)9-11(2)14(10)22-15-13(17)4-7-20(16(15)21)6-3-5-18/h4,7-9H,3,5-6H2,1-2H3. The fourth-order valence-corrected chi connectivity index (χ4v) is 2.56. The van der Waals surface area contributed by atoms with Crippen molar-refractivity contribution in [1.29, 1.82) is 0 Å². The molecule has 3 nitrogen and oxygen atoms in total. The molecule has 1 aromatic carbocycles. The number of nitrogens with zero attached hydrogens (tertiary/aromatic N) is 1. The Morgan fingerprint density at radius 2 is 1.86 bits per heavy atom. The SMILES string of the molecule is Cc1cc(F)cc(C)c1Oc1c(Br)ccn(CCCF)c1=O. The van der Waals surface area contributed by atoms with Crippen molar-refractivity contribution in [2.24, 2.45) is 0 Å². The Bertz CT molecular complexity index is 720. The first-order valence-corrected chi connectivity index (χ1v) is 7.63. The first-order chi connectivity index (χ1) is 10.4. The van der Waals surface area contributed by atoms with E-state index in [0.717, 1.165) is 0 Å². The van der Waals surface area contributed by atoms with Gasteiger partial charge in [-0.2, -0.15) is 0 Å². The number of pyridine rings is 1. The van der Waals surface area contributed by atoms with Crippen molar-refractivity contribution in [2.75, 3.05) is 6.67 Å². The molecule has 0 aliphatic rings. The number of benzene rings is 1. The highest BCUT2D eigenvalue weighted by Crippen LogP contribution is 2.31. The summed E-state index contributed by atoms with van der Waals surface area (Å²) < 4.78 is 33.3. The second-order valence-corrected chi connectivity index (χ2v) is 5.86. The maximum atomic E-state index is 13.3. The van der Waals surface area contributed by atoms with Gasteiger partial charge < -0.3 is 9.30 Å². The first-order valence-electron chi connectivity index (χ1n) is 6.83. The summed E-state index contributed by atoms with van der Waals surface area (Å²) in [7, 11) is 0. The molecule has 6 heteroatoms. The van der Waals surface area contributed by atoms with Gasteiger partial charge in [0.05, 0.1) is 11.1 Å². The average Bonchev–Trinajstić information content (AvgIpc) is 2.44. The van der Waals surface area contributed by atoms with Gasteiger partial charge in [0.25, 0.3) is 5.56 Å². The second-order valence-electron chi connectivity index (χ2n) is 5.00. The van der Waals surface area contributed by atoms with Crippen molar-refractivity contribution in [3.63, 3.8) is 0 Å². The minimum atomic E-state index is -0.491. The van der Waals surface area contributed by atoms with Crippen LogP contribution in [0.15, 0.2) is 33.7 Å². The van der Waals surface area contributed by atoms with E-state index in [1.165, 1.54) is 16.7 Å². The molecule has 0 bridgehead atoms. The Morgan fingerprint density at radius 1 is 1.23 bits per heavy atom. The minimum absolute atomic E-state index is 0.110. The second kappa shape index (κ2) is 7.05. The molecule has 0 fully saturated rings. The Kier molecular flexibility index (Phi) is 5.34. The summed E-state index contributed by atoms with van der Waals surface area (Å²) in [5.74, 6) is 0.205. The molecule has 0 N–H and O–H groups in total. The molecule has 118 valence electrons. The van der Waals surface area contributed by atoms with Gasteiger partial charge in [-0.3, -0.25) is 9.18 Å². The lowest BCUT2D eigenvalue weighted by Crippen LogP contribution is -2.21. The summed E-state index contributed by atoms with van der Waals surface area (Å²) in [6.07, 6.45) is 1.84. The van der Waals surface area contributed by atoms with Crippen LogP contribution in [0.2, 0.25) is 0 Å². The van der Waals surface area contributed by atoms with Crippen LogP contribution in [0.25, 0.3) is 0 Å². The van der Waals surface area contributed by atoms with Crippen molar-refractivity contribution < 1.29 is 13.5 Å². The van der Waals surface area contributed by atoms with Crippen molar-refractivity contribution in [1.82, 2.24) is 4.57 Å².